The summed E-state index contributed by atoms with van der Waals surface area (Å²) in [4.78, 5) is 1.99. The predicted octanol–water partition coefficient (Wildman–Crippen LogP) is 2.03. The molecule has 1 aromatic rings. The first-order chi connectivity index (χ1) is 9.49. The van der Waals surface area contributed by atoms with Gasteiger partial charge in [0.25, 0.3) is 0 Å². The quantitative estimate of drug-likeness (QED) is 0.808. The van der Waals surface area contributed by atoms with Gasteiger partial charge in [0.05, 0.1) is 31.2 Å². The van der Waals surface area contributed by atoms with Crippen molar-refractivity contribution in [2.45, 2.75) is 31.3 Å². The number of anilines is 2. The van der Waals surface area contributed by atoms with Crippen LogP contribution in [0.1, 0.15) is 25.7 Å². The van der Waals surface area contributed by atoms with Crippen molar-refractivity contribution in [2.24, 2.45) is 0 Å². The molecule has 5 heteroatoms. The first-order valence-corrected chi connectivity index (χ1v) is 6.94. The van der Waals surface area contributed by atoms with Crippen molar-refractivity contribution in [1.82, 2.24) is 0 Å². The van der Waals surface area contributed by atoms with Gasteiger partial charge in [-0.2, -0.15) is 0 Å². The monoisotopic (exact) mass is 280 g/mol. The third-order valence-electron chi connectivity index (χ3n) is 4.01. The molecule has 2 rings (SSSR count). The molecule has 0 heterocycles. The lowest BCUT2D eigenvalue weighted by Gasteiger charge is -2.31. The highest BCUT2D eigenvalue weighted by atomic mass is 16.5. The van der Waals surface area contributed by atoms with Crippen LogP contribution in [0.25, 0.3) is 0 Å². The Morgan fingerprint density at radius 3 is 2.30 bits per heavy atom. The number of nitrogen functional groups attached to an aromatic ring is 1. The van der Waals surface area contributed by atoms with Crippen molar-refractivity contribution in [3.05, 3.63) is 12.1 Å². The van der Waals surface area contributed by atoms with Gasteiger partial charge in [-0.3, -0.25) is 0 Å². The second kappa shape index (κ2) is 5.79. The highest BCUT2D eigenvalue weighted by Crippen LogP contribution is 2.38. The van der Waals surface area contributed by atoms with Crippen molar-refractivity contribution in [3.63, 3.8) is 0 Å². The van der Waals surface area contributed by atoms with Crippen LogP contribution in [0.4, 0.5) is 11.4 Å². The molecule has 0 aromatic heterocycles. The number of hydrogen-bond donors (Lipinski definition) is 2. The van der Waals surface area contributed by atoms with E-state index in [1.807, 2.05) is 18.0 Å². The molecule has 0 spiro atoms. The average molecular weight is 280 g/mol. The summed E-state index contributed by atoms with van der Waals surface area (Å²) >= 11 is 0. The van der Waals surface area contributed by atoms with E-state index in [2.05, 4.69) is 0 Å². The fourth-order valence-corrected chi connectivity index (χ4v) is 2.93. The smallest absolute Gasteiger partial charge is 0.162 e. The van der Waals surface area contributed by atoms with Crippen molar-refractivity contribution < 1.29 is 14.6 Å². The first-order valence-electron chi connectivity index (χ1n) is 6.94. The molecule has 0 radical (unpaired) electrons. The molecule has 0 unspecified atom stereocenters. The minimum atomic E-state index is -0.603. The number of likely N-dealkylation sites (N-methyl/N-ethyl adjacent to an activating group) is 1. The van der Waals surface area contributed by atoms with Crippen LogP contribution < -0.4 is 20.1 Å². The van der Waals surface area contributed by atoms with Crippen LogP contribution in [0, 0.1) is 0 Å². The highest BCUT2D eigenvalue weighted by molar-refractivity contribution is 5.73. The number of methoxy groups -OCH3 is 2. The van der Waals surface area contributed by atoms with Crippen molar-refractivity contribution >= 4 is 11.4 Å². The minimum absolute atomic E-state index is 0.576. The summed E-state index contributed by atoms with van der Waals surface area (Å²) < 4.78 is 10.5. The summed E-state index contributed by atoms with van der Waals surface area (Å²) in [5, 5.41) is 10.5. The number of hydrogen-bond acceptors (Lipinski definition) is 5. The van der Waals surface area contributed by atoms with Crippen molar-refractivity contribution in [2.75, 3.05) is 38.4 Å². The molecule has 1 fully saturated rings. The van der Waals surface area contributed by atoms with Gasteiger partial charge in [-0.05, 0) is 12.8 Å². The fraction of sp³-hybridized carbons (Fsp3) is 0.600. The second-order valence-corrected chi connectivity index (χ2v) is 5.55. The normalized spacial score (nSPS) is 17.0. The number of aliphatic hydroxyl groups is 1. The maximum atomic E-state index is 10.5. The molecule has 0 bridgehead atoms. The topological polar surface area (TPSA) is 68.0 Å². The lowest BCUT2D eigenvalue weighted by Crippen LogP contribution is -2.39. The zero-order valence-corrected chi connectivity index (χ0v) is 12.5. The average Bonchev–Trinajstić information content (AvgIpc) is 2.84. The number of nitrogens with two attached hydrogens (primary N) is 1. The number of rotatable bonds is 5. The van der Waals surface area contributed by atoms with Crippen molar-refractivity contribution in [3.8, 4) is 11.5 Å². The van der Waals surface area contributed by atoms with Gasteiger partial charge < -0.3 is 25.2 Å². The van der Waals surface area contributed by atoms with Gasteiger partial charge in [-0.25, -0.2) is 0 Å². The highest BCUT2D eigenvalue weighted by Gasteiger charge is 2.32. The SMILES string of the molecule is COc1cc(N)c(N(C)CC2(O)CCCC2)cc1OC. The molecule has 0 aliphatic heterocycles. The molecule has 112 valence electrons. The Morgan fingerprint density at radius 1 is 1.20 bits per heavy atom. The zero-order valence-electron chi connectivity index (χ0n) is 12.5. The Kier molecular flexibility index (Phi) is 4.28. The van der Waals surface area contributed by atoms with Crippen LogP contribution in [-0.2, 0) is 0 Å². The lowest BCUT2D eigenvalue weighted by atomic mass is 10.0. The van der Waals surface area contributed by atoms with E-state index in [4.69, 9.17) is 15.2 Å². The molecule has 5 nitrogen and oxygen atoms in total. The predicted molar refractivity (Wildman–Crippen MR) is 80.6 cm³/mol. The van der Waals surface area contributed by atoms with Crippen LogP contribution >= 0.6 is 0 Å². The molecule has 1 aromatic carbocycles. The second-order valence-electron chi connectivity index (χ2n) is 5.55. The number of benzene rings is 1. The summed E-state index contributed by atoms with van der Waals surface area (Å²) in [5.41, 5.74) is 6.94. The van der Waals surface area contributed by atoms with Gasteiger partial charge in [-0.1, -0.05) is 12.8 Å². The summed E-state index contributed by atoms with van der Waals surface area (Å²) in [6, 6.07) is 3.61. The Balaban J connectivity index is 2.22. The molecule has 0 amide bonds. The molecular formula is C15H24N2O3. The summed E-state index contributed by atoms with van der Waals surface area (Å²) in [6.07, 6.45) is 3.88. The molecule has 3 N–H and O–H groups in total. The van der Waals surface area contributed by atoms with Gasteiger partial charge in [0.15, 0.2) is 11.5 Å². The third kappa shape index (κ3) is 2.93. The van der Waals surface area contributed by atoms with Gasteiger partial charge in [0.2, 0.25) is 0 Å². The van der Waals surface area contributed by atoms with Crippen molar-refractivity contribution in [1.29, 1.82) is 0 Å². The maximum absolute atomic E-state index is 10.5. The van der Waals surface area contributed by atoms with Gasteiger partial charge >= 0.3 is 0 Å². The van der Waals surface area contributed by atoms with E-state index in [1.165, 1.54) is 0 Å². The first kappa shape index (κ1) is 14.8. The van der Waals surface area contributed by atoms with E-state index < -0.39 is 5.60 Å². The Hall–Kier alpha value is -1.62. The van der Waals surface area contributed by atoms with Gasteiger partial charge in [-0.15, -0.1) is 0 Å². The van der Waals surface area contributed by atoms with Gasteiger partial charge in [0.1, 0.15) is 0 Å². The van der Waals surface area contributed by atoms with Crippen LogP contribution in [0.5, 0.6) is 11.5 Å². The standard InChI is InChI=1S/C15H24N2O3/c1-17(10-15(18)6-4-5-7-15)12-9-14(20-3)13(19-2)8-11(12)16/h8-9,18H,4-7,10,16H2,1-3H3. The molecule has 1 aliphatic rings. The minimum Gasteiger partial charge on any atom is -0.493 e. The number of ether oxygens (including phenoxy) is 2. The zero-order chi connectivity index (χ0) is 14.8. The molecular weight excluding hydrogens is 256 g/mol. The Labute approximate surface area is 120 Å². The molecule has 1 aliphatic carbocycles. The molecule has 1 saturated carbocycles. The third-order valence-corrected chi connectivity index (χ3v) is 4.01. The Morgan fingerprint density at radius 2 is 1.75 bits per heavy atom. The van der Waals surface area contributed by atoms with Crippen LogP contribution in [-0.4, -0.2) is 38.5 Å². The maximum Gasteiger partial charge on any atom is 0.162 e. The fourth-order valence-electron chi connectivity index (χ4n) is 2.93. The van der Waals surface area contributed by atoms with Crippen LogP contribution in [0.2, 0.25) is 0 Å². The summed E-state index contributed by atoms with van der Waals surface area (Å²) in [6.45, 7) is 0.576. The lowest BCUT2D eigenvalue weighted by molar-refractivity contribution is 0.0559. The van der Waals surface area contributed by atoms with Crippen LogP contribution in [0.15, 0.2) is 12.1 Å². The largest absolute Gasteiger partial charge is 0.493 e. The number of nitrogens with zero attached hydrogens (tertiary/aromatic N) is 1. The molecule has 0 saturated heterocycles. The molecule has 20 heavy (non-hydrogen) atoms. The van der Waals surface area contributed by atoms with E-state index in [9.17, 15) is 5.11 Å². The van der Waals surface area contributed by atoms with E-state index in [1.54, 1.807) is 20.3 Å². The van der Waals surface area contributed by atoms with E-state index in [-0.39, 0.29) is 0 Å². The van der Waals surface area contributed by atoms with E-state index >= 15 is 0 Å². The van der Waals surface area contributed by atoms with E-state index in [0.717, 1.165) is 31.4 Å². The Bertz CT molecular complexity index is 470. The summed E-state index contributed by atoms with van der Waals surface area (Å²) in [5.74, 6) is 1.25. The van der Waals surface area contributed by atoms with E-state index in [0.29, 0.717) is 23.7 Å². The molecule has 0 atom stereocenters. The van der Waals surface area contributed by atoms with Gasteiger partial charge in [0, 0.05) is 25.7 Å². The summed E-state index contributed by atoms with van der Waals surface area (Å²) in [7, 11) is 5.12. The van der Waals surface area contributed by atoms with Crippen LogP contribution in [0.3, 0.4) is 0 Å².